The van der Waals surface area contributed by atoms with Crippen molar-refractivity contribution in [2.24, 2.45) is 0 Å². The average Bonchev–Trinajstić information content (AvgIpc) is 2.75. The first kappa shape index (κ1) is 28.2. The van der Waals surface area contributed by atoms with Crippen molar-refractivity contribution in [3.8, 4) is 0 Å². The number of carbonyl (C=O) groups is 2. The molecule has 4 nitrogen and oxygen atoms in total. The summed E-state index contributed by atoms with van der Waals surface area (Å²) in [7, 11) is 0. The summed E-state index contributed by atoms with van der Waals surface area (Å²) in [5.41, 5.74) is 0. The molecule has 0 saturated heterocycles. The number of unbranched alkanes of at least 4 members (excludes halogenated alkanes) is 14. The largest absolute Gasteiger partial charge is 0.463 e. The predicted octanol–water partition coefficient (Wildman–Crippen LogP) is 7.24. The fourth-order valence-corrected chi connectivity index (χ4v) is 3.13. The summed E-state index contributed by atoms with van der Waals surface area (Å²) in [5, 5.41) is 0. The third kappa shape index (κ3) is 22.4. The number of allylic oxidation sites excluding steroid dienone is 2. The van der Waals surface area contributed by atoms with Crippen LogP contribution in [0.25, 0.3) is 0 Å². The summed E-state index contributed by atoms with van der Waals surface area (Å²) in [6.07, 6.45) is 24.6. The van der Waals surface area contributed by atoms with Crippen LogP contribution in [-0.4, -0.2) is 25.2 Å². The lowest BCUT2D eigenvalue weighted by Crippen LogP contribution is -2.06. The fraction of sp³-hybridized carbons (Fsp3) is 0.692. The molecule has 0 aliphatic rings. The minimum absolute atomic E-state index is 0.405. The van der Waals surface area contributed by atoms with Crippen LogP contribution in [0.5, 0.6) is 0 Å². The van der Waals surface area contributed by atoms with Gasteiger partial charge in [0.25, 0.3) is 0 Å². The van der Waals surface area contributed by atoms with Crippen LogP contribution in [-0.2, 0) is 19.1 Å². The lowest BCUT2D eigenvalue weighted by molar-refractivity contribution is -0.140. The van der Waals surface area contributed by atoms with Crippen molar-refractivity contribution >= 4 is 11.9 Å². The molecule has 0 fully saturated rings. The number of ether oxygens (including phenoxy) is 2. The van der Waals surface area contributed by atoms with Crippen molar-refractivity contribution < 1.29 is 19.1 Å². The molecule has 0 saturated carbocycles. The van der Waals surface area contributed by atoms with Crippen molar-refractivity contribution in [2.45, 2.75) is 103 Å². The molecule has 0 aliphatic heterocycles. The van der Waals surface area contributed by atoms with E-state index < -0.39 is 11.9 Å². The van der Waals surface area contributed by atoms with Crippen LogP contribution in [0.1, 0.15) is 103 Å². The monoisotopic (exact) mass is 420 g/mol. The zero-order valence-electron chi connectivity index (χ0n) is 19.1. The first-order chi connectivity index (χ1) is 14.7. The summed E-state index contributed by atoms with van der Waals surface area (Å²) in [6, 6.07) is 0. The van der Waals surface area contributed by atoms with Crippen LogP contribution in [0.4, 0.5) is 0 Å². The molecule has 4 heteroatoms. The summed E-state index contributed by atoms with van der Waals surface area (Å²) in [6.45, 7) is 8.26. The topological polar surface area (TPSA) is 52.6 Å². The van der Waals surface area contributed by atoms with E-state index in [1.807, 2.05) is 12.2 Å². The molecule has 0 rings (SSSR count). The molecule has 0 heterocycles. The molecule has 0 N–H and O–H groups in total. The Bertz CT molecular complexity index is 426. The molecule has 0 aromatic heterocycles. The molecule has 0 radical (unpaired) electrons. The third-order valence-electron chi connectivity index (χ3n) is 4.95. The number of rotatable bonds is 22. The smallest absolute Gasteiger partial charge is 0.331 e. The number of carbonyl (C=O) groups excluding carboxylic acids is 2. The maximum Gasteiger partial charge on any atom is 0.331 e. The first-order valence-electron chi connectivity index (χ1n) is 11.9. The van der Waals surface area contributed by atoms with Crippen molar-refractivity contribution in [1.82, 2.24) is 0 Å². The van der Waals surface area contributed by atoms with E-state index in [2.05, 4.69) is 13.2 Å². The second-order valence-corrected chi connectivity index (χ2v) is 7.77. The van der Waals surface area contributed by atoms with E-state index in [1.54, 1.807) is 0 Å². The van der Waals surface area contributed by atoms with Gasteiger partial charge in [0.05, 0.1) is 13.2 Å². The Morgan fingerprint density at radius 1 is 0.500 bits per heavy atom. The fourth-order valence-electron chi connectivity index (χ4n) is 3.13. The van der Waals surface area contributed by atoms with Gasteiger partial charge < -0.3 is 9.47 Å². The maximum absolute atomic E-state index is 11.6. The van der Waals surface area contributed by atoms with Gasteiger partial charge in [-0.25, -0.2) is 9.59 Å². The van der Waals surface area contributed by atoms with Gasteiger partial charge in [0.1, 0.15) is 0 Å². The number of esters is 2. The number of hydrogen-bond donors (Lipinski definition) is 0. The molecule has 30 heavy (non-hydrogen) atoms. The van der Waals surface area contributed by atoms with Gasteiger partial charge in [-0.1, -0.05) is 76.4 Å². The van der Waals surface area contributed by atoms with E-state index in [1.165, 1.54) is 64.2 Å². The Morgan fingerprint density at radius 3 is 1.13 bits per heavy atom. The Labute approximate surface area is 184 Å². The van der Waals surface area contributed by atoms with Gasteiger partial charge in [0.15, 0.2) is 0 Å². The standard InChI is InChI=1S/C26H44O4/c1-3-5-7-9-11-13-15-17-19-23-29-25(27)21-22-26(28)30-24-20-18-16-14-12-10-8-6-4-2/h3-4,21-22H,1-2,5-20,23-24H2/b22-21-. The van der Waals surface area contributed by atoms with Gasteiger partial charge in [-0.3, -0.25) is 0 Å². The normalized spacial score (nSPS) is 10.8. The van der Waals surface area contributed by atoms with Crippen molar-refractivity contribution in [3.05, 3.63) is 37.5 Å². The Balaban J connectivity index is 3.43. The minimum Gasteiger partial charge on any atom is -0.463 e. The zero-order valence-corrected chi connectivity index (χ0v) is 19.1. The molecule has 0 spiro atoms. The first-order valence-corrected chi connectivity index (χ1v) is 11.9. The summed E-state index contributed by atoms with van der Waals surface area (Å²) >= 11 is 0. The van der Waals surface area contributed by atoms with Crippen LogP contribution < -0.4 is 0 Å². The molecular formula is C26H44O4. The summed E-state index contributed by atoms with van der Waals surface area (Å²) in [4.78, 5) is 23.2. The van der Waals surface area contributed by atoms with E-state index in [-0.39, 0.29) is 0 Å². The Hall–Kier alpha value is -1.84. The molecule has 0 aromatic carbocycles. The van der Waals surface area contributed by atoms with Gasteiger partial charge in [-0.15, -0.1) is 13.2 Å². The van der Waals surface area contributed by atoms with Gasteiger partial charge in [0, 0.05) is 12.2 Å². The van der Waals surface area contributed by atoms with Gasteiger partial charge in [-0.05, 0) is 38.5 Å². The quantitative estimate of drug-likeness (QED) is 0.0801. The Kier molecular flexibility index (Phi) is 22.0. The molecule has 0 bridgehead atoms. The third-order valence-corrected chi connectivity index (χ3v) is 4.95. The average molecular weight is 421 g/mol. The van der Waals surface area contributed by atoms with Gasteiger partial charge in [0.2, 0.25) is 0 Å². The molecular weight excluding hydrogens is 376 g/mol. The van der Waals surface area contributed by atoms with E-state index >= 15 is 0 Å². The van der Waals surface area contributed by atoms with Gasteiger partial charge >= 0.3 is 11.9 Å². The lowest BCUT2D eigenvalue weighted by atomic mass is 10.1. The van der Waals surface area contributed by atoms with Crippen LogP contribution in [0.15, 0.2) is 37.5 Å². The van der Waals surface area contributed by atoms with Crippen LogP contribution in [0, 0.1) is 0 Å². The highest BCUT2D eigenvalue weighted by molar-refractivity contribution is 5.91. The summed E-state index contributed by atoms with van der Waals surface area (Å²) < 4.78 is 10.2. The molecule has 0 unspecified atom stereocenters. The molecule has 0 aliphatic carbocycles. The molecule has 0 amide bonds. The van der Waals surface area contributed by atoms with E-state index in [0.29, 0.717) is 13.2 Å². The second-order valence-electron chi connectivity index (χ2n) is 7.77. The lowest BCUT2D eigenvalue weighted by Gasteiger charge is -2.04. The maximum atomic E-state index is 11.6. The highest BCUT2D eigenvalue weighted by Crippen LogP contribution is 2.10. The highest BCUT2D eigenvalue weighted by Gasteiger charge is 2.01. The second kappa shape index (κ2) is 23.4. The van der Waals surface area contributed by atoms with Crippen molar-refractivity contribution in [2.75, 3.05) is 13.2 Å². The van der Waals surface area contributed by atoms with E-state index in [0.717, 1.165) is 50.7 Å². The highest BCUT2D eigenvalue weighted by atomic mass is 16.5. The zero-order chi connectivity index (χ0) is 22.1. The number of hydrogen-bond acceptors (Lipinski definition) is 4. The molecule has 0 atom stereocenters. The van der Waals surface area contributed by atoms with Crippen LogP contribution in [0.3, 0.4) is 0 Å². The van der Waals surface area contributed by atoms with Crippen molar-refractivity contribution in [3.63, 3.8) is 0 Å². The molecule has 172 valence electrons. The van der Waals surface area contributed by atoms with Gasteiger partial charge in [-0.2, -0.15) is 0 Å². The SMILES string of the molecule is C=CCCCCCCCCCOC(=O)/C=C\C(=O)OCCCCCCCCCC=C. The van der Waals surface area contributed by atoms with E-state index in [4.69, 9.17) is 9.47 Å². The minimum atomic E-state index is -0.479. The molecule has 0 aromatic rings. The van der Waals surface area contributed by atoms with Crippen LogP contribution in [0.2, 0.25) is 0 Å². The predicted molar refractivity (Wildman–Crippen MR) is 125 cm³/mol. The van der Waals surface area contributed by atoms with E-state index in [9.17, 15) is 9.59 Å². The van der Waals surface area contributed by atoms with Crippen LogP contribution >= 0.6 is 0 Å². The summed E-state index contributed by atoms with van der Waals surface area (Å²) in [5.74, 6) is -0.958. The van der Waals surface area contributed by atoms with Crippen molar-refractivity contribution in [1.29, 1.82) is 0 Å². The Morgan fingerprint density at radius 2 is 0.800 bits per heavy atom.